The van der Waals surface area contributed by atoms with E-state index in [0.717, 1.165) is 0 Å². The van der Waals surface area contributed by atoms with E-state index in [9.17, 15) is 19.2 Å². The van der Waals surface area contributed by atoms with E-state index >= 15 is 0 Å². The Hall–Kier alpha value is -3.14. The summed E-state index contributed by atoms with van der Waals surface area (Å²) in [5.74, 6) is -2.26. The Morgan fingerprint density at radius 2 is 2.04 bits per heavy atom. The average molecular weight is 372 g/mol. The van der Waals surface area contributed by atoms with Crippen LogP contribution in [0.5, 0.6) is 0 Å². The molecule has 1 N–H and O–H groups in total. The summed E-state index contributed by atoms with van der Waals surface area (Å²) in [5.41, 5.74) is 1.46. The molecule has 142 valence electrons. The van der Waals surface area contributed by atoms with Gasteiger partial charge in [-0.15, -0.1) is 0 Å². The van der Waals surface area contributed by atoms with Crippen LogP contribution < -0.4 is 5.32 Å². The maximum atomic E-state index is 13.6. The Bertz CT molecular complexity index is 852. The van der Waals surface area contributed by atoms with Crippen molar-refractivity contribution < 1.29 is 23.5 Å². The van der Waals surface area contributed by atoms with Crippen molar-refractivity contribution >= 4 is 11.9 Å². The van der Waals surface area contributed by atoms with Crippen LogP contribution in [-0.2, 0) is 19.1 Å². The highest BCUT2D eigenvalue weighted by molar-refractivity contribution is 6.00. The fraction of sp³-hybridized carbons (Fsp3) is 0.350. The van der Waals surface area contributed by atoms with Gasteiger partial charge in [0.1, 0.15) is 6.67 Å². The van der Waals surface area contributed by atoms with Crippen LogP contribution in [0.1, 0.15) is 37.3 Å². The number of methoxy groups -OCH3 is 1. The number of rotatable bonds is 6. The molecule has 1 aromatic carbocycles. The SMILES string of the molecule is CCCOC(=O)C1=C(C)NC(CF)=C(C(=O)OC)C1c1cccc(C#N)c1. The number of hydrogen-bond donors (Lipinski definition) is 1. The van der Waals surface area contributed by atoms with Gasteiger partial charge in [0.2, 0.25) is 0 Å². The Morgan fingerprint density at radius 3 is 2.63 bits per heavy atom. The van der Waals surface area contributed by atoms with Gasteiger partial charge in [-0.1, -0.05) is 19.1 Å². The summed E-state index contributed by atoms with van der Waals surface area (Å²) in [6, 6.07) is 8.51. The van der Waals surface area contributed by atoms with Gasteiger partial charge in [-0.25, -0.2) is 14.0 Å². The number of carbonyl (C=O) groups is 2. The first-order chi connectivity index (χ1) is 13.0. The second kappa shape index (κ2) is 8.99. The van der Waals surface area contributed by atoms with Crippen LogP contribution >= 0.6 is 0 Å². The minimum atomic E-state index is -0.937. The van der Waals surface area contributed by atoms with Gasteiger partial charge in [0.05, 0.1) is 48.1 Å². The summed E-state index contributed by atoms with van der Waals surface area (Å²) in [6.45, 7) is 2.76. The molecule has 1 aliphatic heterocycles. The molecule has 1 atom stereocenters. The van der Waals surface area contributed by atoms with Crippen molar-refractivity contribution in [1.29, 1.82) is 5.26 Å². The van der Waals surface area contributed by atoms with Crippen LogP contribution in [0.4, 0.5) is 4.39 Å². The minimum absolute atomic E-state index is 0.0101. The number of halogens is 1. The third-order valence-corrected chi connectivity index (χ3v) is 4.19. The topological polar surface area (TPSA) is 88.4 Å². The van der Waals surface area contributed by atoms with Crippen molar-refractivity contribution in [2.24, 2.45) is 0 Å². The van der Waals surface area contributed by atoms with Crippen molar-refractivity contribution in [2.45, 2.75) is 26.2 Å². The van der Waals surface area contributed by atoms with Crippen molar-refractivity contribution in [3.05, 3.63) is 57.9 Å². The first-order valence-corrected chi connectivity index (χ1v) is 8.50. The lowest BCUT2D eigenvalue weighted by Gasteiger charge is -2.30. The van der Waals surface area contributed by atoms with Gasteiger partial charge in [0.15, 0.2) is 0 Å². The molecule has 0 saturated carbocycles. The van der Waals surface area contributed by atoms with Crippen LogP contribution in [0.15, 0.2) is 46.8 Å². The molecule has 7 heteroatoms. The van der Waals surface area contributed by atoms with Gasteiger partial charge in [0, 0.05) is 5.70 Å². The molecule has 0 spiro atoms. The number of alkyl halides is 1. The molecule has 27 heavy (non-hydrogen) atoms. The number of nitrogens with zero attached hydrogens (tertiary/aromatic N) is 1. The molecule has 1 aromatic rings. The van der Waals surface area contributed by atoms with Gasteiger partial charge in [-0.05, 0) is 31.0 Å². The molecule has 1 aliphatic rings. The van der Waals surface area contributed by atoms with Gasteiger partial charge >= 0.3 is 11.9 Å². The maximum absolute atomic E-state index is 13.6. The zero-order valence-corrected chi connectivity index (χ0v) is 15.5. The van der Waals surface area contributed by atoms with Crippen LogP contribution in [0.3, 0.4) is 0 Å². The average Bonchev–Trinajstić information content (AvgIpc) is 2.70. The number of nitriles is 1. The largest absolute Gasteiger partial charge is 0.466 e. The molecular weight excluding hydrogens is 351 g/mol. The van der Waals surface area contributed by atoms with Crippen molar-refractivity contribution in [3.8, 4) is 6.07 Å². The molecule has 2 rings (SSSR count). The molecular formula is C20H21FN2O4. The van der Waals surface area contributed by atoms with E-state index in [4.69, 9.17) is 9.47 Å². The Balaban J connectivity index is 2.68. The summed E-state index contributed by atoms with van der Waals surface area (Å²) >= 11 is 0. The quantitative estimate of drug-likeness (QED) is 0.773. The van der Waals surface area contributed by atoms with Crippen LogP contribution in [-0.4, -0.2) is 32.3 Å². The number of benzene rings is 1. The standard InChI is InChI=1S/C20H21FN2O4/c1-4-8-27-20(25)16-12(2)23-15(10-21)18(19(24)26-3)17(16)14-7-5-6-13(9-14)11-22/h5-7,9,17,23H,4,8,10H2,1-3H3. The lowest BCUT2D eigenvalue weighted by molar-refractivity contribution is -0.139. The lowest BCUT2D eigenvalue weighted by atomic mass is 9.80. The highest BCUT2D eigenvalue weighted by atomic mass is 19.1. The van der Waals surface area contributed by atoms with Gasteiger partial charge in [0.25, 0.3) is 0 Å². The molecule has 1 unspecified atom stereocenters. The number of allylic oxidation sites excluding steroid dienone is 2. The number of hydrogen-bond acceptors (Lipinski definition) is 6. The monoisotopic (exact) mass is 372 g/mol. The van der Waals surface area contributed by atoms with E-state index in [1.165, 1.54) is 7.11 Å². The zero-order valence-electron chi connectivity index (χ0n) is 15.5. The van der Waals surface area contributed by atoms with Crippen molar-refractivity contribution in [1.82, 2.24) is 5.32 Å². The van der Waals surface area contributed by atoms with E-state index in [0.29, 0.717) is 23.2 Å². The van der Waals surface area contributed by atoms with E-state index in [1.54, 1.807) is 31.2 Å². The third kappa shape index (κ3) is 4.17. The van der Waals surface area contributed by atoms with Gasteiger partial charge in [-0.3, -0.25) is 0 Å². The van der Waals surface area contributed by atoms with Crippen LogP contribution in [0, 0.1) is 11.3 Å². The van der Waals surface area contributed by atoms with E-state index in [-0.39, 0.29) is 23.5 Å². The van der Waals surface area contributed by atoms with Crippen molar-refractivity contribution in [3.63, 3.8) is 0 Å². The number of dihydropyridines is 1. The third-order valence-electron chi connectivity index (χ3n) is 4.19. The predicted molar refractivity (Wildman–Crippen MR) is 96.0 cm³/mol. The highest BCUT2D eigenvalue weighted by Crippen LogP contribution is 2.39. The molecule has 0 bridgehead atoms. The summed E-state index contributed by atoms with van der Waals surface area (Å²) in [4.78, 5) is 25.1. The van der Waals surface area contributed by atoms with Crippen LogP contribution in [0.2, 0.25) is 0 Å². The summed E-state index contributed by atoms with van der Waals surface area (Å²) < 4.78 is 23.7. The van der Waals surface area contributed by atoms with Gasteiger partial charge in [-0.2, -0.15) is 5.26 Å². The Morgan fingerprint density at radius 1 is 1.30 bits per heavy atom. The Labute approximate surface area is 157 Å². The van der Waals surface area contributed by atoms with Gasteiger partial charge < -0.3 is 14.8 Å². The molecule has 0 radical (unpaired) electrons. The molecule has 0 fully saturated rings. The summed E-state index contributed by atoms with van der Waals surface area (Å²) in [7, 11) is 1.19. The molecule has 6 nitrogen and oxygen atoms in total. The van der Waals surface area contributed by atoms with E-state index < -0.39 is 24.5 Å². The van der Waals surface area contributed by atoms with E-state index in [2.05, 4.69) is 5.32 Å². The smallest absolute Gasteiger partial charge is 0.336 e. The zero-order chi connectivity index (χ0) is 20.0. The van der Waals surface area contributed by atoms with E-state index in [1.807, 2.05) is 13.0 Å². The molecule has 0 amide bonds. The van der Waals surface area contributed by atoms with Crippen molar-refractivity contribution in [2.75, 3.05) is 20.4 Å². The first-order valence-electron chi connectivity index (χ1n) is 8.50. The molecule has 1 heterocycles. The predicted octanol–water partition coefficient (Wildman–Crippen LogP) is 2.87. The first kappa shape index (κ1) is 20.2. The molecule has 0 saturated heterocycles. The second-order valence-corrected chi connectivity index (χ2v) is 5.99. The molecule has 0 aliphatic carbocycles. The fourth-order valence-corrected chi connectivity index (χ4v) is 3.02. The minimum Gasteiger partial charge on any atom is -0.466 e. The number of carbonyl (C=O) groups excluding carboxylic acids is 2. The summed E-state index contributed by atoms with van der Waals surface area (Å²) in [6.07, 6.45) is 0.634. The molecule has 0 aromatic heterocycles. The summed E-state index contributed by atoms with van der Waals surface area (Å²) in [5, 5.41) is 12.0. The fourth-order valence-electron chi connectivity index (χ4n) is 3.02. The Kier molecular flexibility index (Phi) is 6.72. The number of esters is 2. The normalized spacial score (nSPS) is 16.5. The lowest BCUT2D eigenvalue weighted by Crippen LogP contribution is -2.33. The second-order valence-electron chi connectivity index (χ2n) is 5.99. The number of nitrogens with one attached hydrogen (secondary N) is 1. The van der Waals surface area contributed by atoms with Crippen LogP contribution in [0.25, 0.3) is 0 Å². The highest BCUT2D eigenvalue weighted by Gasteiger charge is 2.38. The maximum Gasteiger partial charge on any atom is 0.336 e. The number of ether oxygens (including phenoxy) is 2.